The van der Waals surface area contributed by atoms with Gasteiger partial charge in [-0.2, -0.15) is 0 Å². The van der Waals surface area contributed by atoms with Gasteiger partial charge in [0, 0.05) is 11.1 Å². The molecule has 0 radical (unpaired) electrons. The van der Waals surface area contributed by atoms with Crippen molar-refractivity contribution in [3.05, 3.63) is 44.7 Å². The highest BCUT2D eigenvalue weighted by Gasteiger charge is 2.14. The number of para-hydroxylation sites is 1. The van der Waals surface area contributed by atoms with Crippen LogP contribution in [0.25, 0.3) is 10.9 Å². The highest BCUT2D eigenvalue weighted by Crippen LogP contribution is 2.20. The van der Waals surface area contributed by atoms with Crippen molar-refractivity contribution in [2.24, 2.45) is 0 Å². The van der Waals surface area contributed by atoms with E-state index < -0.39 is 0 Å². The molecular weight excluding hydrogens is 272 g/mol. The highest BCUT2D eigenvalue weighted by atomic mass is 35.5. The first-order valence-corrected chi connectivity index (χ1v) is 7.53. The van der Waals surface area contributed by atoms with E-state index in [4.69, 9.17) is 11.6 Å². The summed E-state index contributed by atoms with van der Waals surface area (Å²) in [5.74, 6) is 0. The second-order valence-electron chi connectivity index (χ2n) is 5.46. The van der Waals surface area contributed by atoms with Crippen molar-refractivity contribution >= 4 is 22.5 Å². The summed E-state index contributed by atoms with van der Waals surface area (Å²) in [7, 11) is 2.14. The van der Waals surface area contributed by atoms with Crippen LogP contribution in [-0.2, 0) is 6.54 Å². The second-order valence-corrected chi connectivity index (χ2v) is 5.86. The van der Waals surface area contributed by atoms with E-state index >= 15 is 0 Å². The maximum absolute atomic E-state index is 12.6. The molecule has 2 rings (SSSR count). The maximum Gasteiger partial charge on any atom is 0.198 e. The molecule has 1 atom stereocenters. The molecule has 0 saturated heterocycles. The molecule has 1 heterocycles. The van der Waals surface area contributed by atoms with Crippen LogP contribution < -0.4 is 10.3 Å². The normalized spacial score (nSPS) is 12.8. The van der Waals surface area contributed by atoms with Gasteiger partial charge in [-0.1, -0.05) is 31.0 Å². The zero-order chi connectivity index (χ0) is 14.7. The van der Waals surface area contributed by atoms with E-state index in [-0.39, 0.29) is 5.43 Å². The Morgan fingerprint density at radius 2 is 2.10 bits per heavy atom. The molecule has 3 nitrogen and oxygen atoms in total. The molecule has 0 amide bonds. The number of benzene rings is 1. The lowest BCUT2D eigenvalue weighted by Crippen LogP contribution is -3.07. The Bertz CT molecular complexity index is 663. The van der Waals surface area contributed by atoms with E-state index in [9.17, 15) is 4.79 Å². The first-order valence-electron chi connectivity index (χ1n) is 7.15. The molecule has 108 valence electrons. The molecule has 20 heavy (non-hydrogen) atoms. The van der Waals surface area contributed by atoms with Gasteiger partial charge in [0.2, 0.25) is 0 Å². The molecule has 0 bridgehead atoms. The molecule has 1 unspecified atom stereocenters. The number of aryl methyl sites for hydroxylation is 1. The van der Waals surface area contributed by atoms with Crippen LogP contribution >= 0.6 is 11.6 Å². The fourth-order valence-corrected chi connectivity index (χ4v) is 2.74. The minimum absolute atomic E-state index is 0.106. The number of H-pyrrole nitrogens is 1. The number of aromatic amines is 1. The highest BCUT2D eigenvalue weighted by molar-refractivity contribution is 6.35. The van der Waals surface area contributed by atoms with Gasteiger partial charge in [0.15, 0.2) is 5.43 Å². The SMILES string of the molecule is CCCC[NH+](C)Cc1c(C)[nH]c2c(Cl)cccc2c1=O. The molecular formula is C16H22ClN2O+. The van der Waals surface area contributed by atoms with Crippen LogP contribution in [0.4, 0.5) is 0 Å². The average Bonchev–Trinajstić information content (AvgIpc) is 2.42. The zero-order valence-corrected chi connectivity index (χ0v) is 13.1. The van der Waals surface area contributed by atoms with Crippen molar-refractivity contribution in [2.45, 2.75) is 33.2 Å². The van der Waals surface area contributed by atoms with Crippen LogP contribution in [0, 0.1) is 6.92 Å². The van der Waals surface area contributed by atoms with E-state index in [0.29, 0.717) is 10.4 Å². The molecule has 0 aliphatic rings. The van der Waals surface area contributed by atoms with Crippen LogP contribution in [0.15, 0.2) is 23.0 Å². The quantitative estimate of drug-likeness (QED) is 0.872. The number of quaternary nitrogens is 1. The van der Waals surface area contributed by atoms with Gasteiger partial charge < -0.3 is 9.88 Å². The Hall–Kier alpha value is -1.32. The van der Waals surface area contributed by atoms with Gasteiger partial charge in [0.1, 0.15) is 6.54 Å². The van der Waals surface area contributed by atoms with Crippen LogP contribution in [0.5, 0.6) is 0 Å². The Balaban J connectivity index is 2.42. The van der Waals surface area contributed by atoms with Gasteiger partial charge in [0.05, 0.1) is 29.7 Å². The fraction of sp³-hybridized carbons (Fsp3) is 0.438. The smallest absolute Gasteiger partial charge is 0.198 e. The number of fused-ring (bicyclic) bond motifs is 1. The molecule has 0 aliphatic carbocycles. The molecule has 4 heteroatoms. The van der Waals surface area contributed by atoms with Crippen molar-refractivity contribution in [3.63, 3.8) is 0 Å². The van der Waals surface area contributed by atoms with Gasteiger partial charge in [-0.05, 0) is 25.5 Å². The lowest BCUT2D eigenvalue weighted by Gasteiger charge is -2.15. The van der Waals surface area contributed by atoms with Crippen molar-refractivity contribution in [1.29, 1.82) is 0 Å². The predicted molar refractivity (Wildman–Crippen MR) is 84.7 cm³/mol. The molecule has 2 aromatic rings. The Kier molecular flexibility index (Phi) is 4.84. The summed E-state index contributed by atoms with van der Waals surface area (Å²) in [5, 5.41) is 1.28. The van der Waals surface area contributed by atoms with Crippen molar-refractivity contribution in [3.8, 4) is 0 Å². The number of hydrogen-bond donors (Lipinski definition) is 2. The van der Waals surface area contributed by atoms with E-state index in [0.717, 1.165) is 29.9 Å². The van der Waals surface area contributed by atoms with Crippen molar-refractivity contribution < 1.29 is 4.90 Å². The van der Waals surface area contributed by atoms with Crippen LogP contribution in [0.1, 0.15) is 31.0 Å². The van der Waals surface area contributed by atoms with Gasteiger partial charge in [-0.25, -0.2) is 0 Å². The molecule has 0 aliphatic heterocycles. The minimum Gasteiger partial charge on any atom is -0.357 e. The first-order chi connectivity index (χ1) is 9.54. The van der Waals surface area contributed by atoms with Crippen LogP contribution in [-0.4, -0.2) is 18.6 Å². The van der Waals surface area contributed by atoms with Crippen LogP contribution in [0.2, 0.25) is 5.02 Å². The summed E-state index contributed by atoms with van der Waals surface area (Å²) in [6.45, 7) is 5.97. The van der Waals surface area contributed by atoms with Gasteiger partial charge >= 0.3 is 0 Å². The predicted octanol–water partition coefficient (Wildman–Crippen LogP) is 2.30. The third-order valence-electron chi connectivity index (χ3n) is 3.73. The van der Waals surface area contributed by atoms with E-state index in [1.165, 1.54) is 17.7 Å². The molecule has 0 fully saturated rings. The number of rotatable bonds is 5. The van der Waals surface area contributed by atoms with E-state index in [1.54, 1.807) is 6.07 Å². The summed E-state index contributed by atoms with van der Waals surface area (Å²) in [4.78, 5) is 17.3. The molecule has 0 spiro atoms. The van der Waals surface area contributed by atoms with Gasteiger partial charge in [-0.3, -0.25) is 4.79 Å². The minimum atomic E-state index is 0.106. The number of halogens is 1. The number of unbranched alkanes of at least 4 members (excludes halogenated alkanes) is 1. The summed E-state index contributed by atoms with van der Waals surface area (Å²) in [5.41, 5.74) is 2.64. The Morgan fingerprint density at radius 3 is 2.80 bits per heavy atom. The average molecular weight is 294 g/mol. The molecule has 1 aromatic carbocycles. The third-order valence-corrected chi connectivity index (χ3v) is 4.05. The standard InChI is InChI=1S/C16H21ClN2O/c1-4-5-9-19(3)10-13-11(2)18-15-12(16(13)20)7-6-8-14(15)17/h6-8H,4-5,9-10H2,1-3H3,(H,18,20)/p+1. The monoisotopic (exact) mass is 293 g/mol. The van der Waals surface area contributed by atoms with E-state index in [1.807, 2.05) is 19.1 Å². The van der Waals surface area contributed by atoms with E-state index in [2.05, 4.69) is 19.0 Å². The lowest BCUT2D eigenvalue weighted by atomic mass is 10.1. The molecule has 1 aromatic heterocycles. The number of nitrogens with one attached hydrogen (secondary N) is 2. The van der Waals surface area contributed by atoms with Crippen LogP contribution in [0.3, 0.4) is 0 Å². The number of aromatic nitrogens is 1. The largest absolute Gasteiger partial charge is 0.357 e. The maximum atomic E-state index is 12.6. The first kappa shape index (κ1) is 15.1. The Labute approximate surface area is 124 Å². The third kappa shape index (κ3) is 3.05. The molecule has 0 saturated carbocycles. The number of pyridine rings is 1. The topological polar surface area (TPSA) is 37.3 Å². The summed E-state index contributed by atoms with van der Waals surface area (Å²) in [6, 6.07) is 5.47. The lowest BCUT2D eigenvalue weighted by molar-refractivity contribution is -0.894. The van der Waals surface area contributed by atoms with Crippen molar-refractivity contribution in [2.75, 3.05) is 13.6 Å². The van der Waals surface area contributed by atoms with Gasteiger partial charge in [0.25, 0.3) is 0 Å². The number of hydrogen-bond acceptors (Lipinski definition) is 1. The van der Waals surface area contributed by atoms with Crippen molar-refractivity contribution in [1.82, 2.24) is 4.98 Å². The Morgan fingerprint density at radius 1 is 1.35 bits per heavy atom. The van der Waals surface area contributed by atoms with Gasteiger partial charge in [-0.15, -0.1) is 0 Å². The summed E-state index contributed by atoms with van der Waals surface area (Å²) in [6.07, 6.45) is 2.36. The fourth-order valence-electron chi connectivity index (χ4n) is 2.52. The molecule has 2 N–H and O–H groups in total. The zero-order valence-electron chi connectivity index (χ0n) is 12.3. The summed E-state index contributed by atoms with van der Waals surface area (Å²) >= 11 is 6.15. The summed E-state index contributed by atoms with van der Waals surface area (Å²) < 4.78 is 0. The second kappa shape index (κ2) is 6.42.